The molecule has 19 heavy (non-hydrogen) atoms. The summed E-state index contributed by atoms with van der Waals surface area (Å²) in [6, 6.07) is 18.4. The lowest BCUT2D eigenvalue weighted by Crippen LogP contribution is -2.05. The Morgan fingerprint density at radius 2 is 1.63 bits per heavy atom. The van der Waals surface area contributed by atoms with Crippen LogP contribution in [0.2, 0.25) is 5.02 Å². The molecule has 0 saturated carbocycles. The Kier molecular flexibility index (Phi) is 3.02. The third kappa shape index (κ3) is 2.23. The second-order valence-corrected chi connectivity index (χ2v) is 4.61. The summed E-state index contributed by atoms with van der Waals surface area (Å²) in [5, 5.41) is 1.31. The molecule has 3 aromatic rings. The van der Waals surface area contributed by atoms with Crippen LogP contribution in [-0.4, -0.2) is 10.8 Å². The van der Waals surface area contributed by atoms with E-state index in [1.54, 1.807) is 18.2 Å². The SMILES string of the molecule is O=C(c1ccccc1)c1nc2ccccc2cc1Cl. The molecule has 0 aliphatic rings. The fourth-order valence-electron chi connectivity index (χ4n) is 1.98. The summed E-state index contributed by atoms with van der Waals surface area (Å²) in [5.41, 5.74) is 1.66. The first kappa shape index (κ1) is 11.9. The van der Waals surface area contributed by atoms with Crippen molar-refractivity contribution in [3.63, 3.8) is 0 Å². The number of pyridine rings is 1. The van der Waals surface area contributed by atoms with Crippen molar-refractivity contribution >= 4 is 28.3 Å². The fourth-order valence-corrected chi connectivity index (χ4v) is 2.22. The van der Waals surface area contributed by atoms with E-state index in [-0.39, 0.29) is 5.78 Å². The summed E-state index contributed by atoms with van der Waals surface area (Å²) in [5.74, 6) is -0.156. The van der Waals surface area contributed by atoms with E-state index < -0.39 is 0 Å². The van der Waals surface area contributed by atoms with Crippen LogP contribution in [-0.2, 0) is 0 Å². The average molecular weight is 268 g/mol. The Hall–Kier alpha value is -2.19. The number of hydrogen-bond acceptors (Lipinski definition) is 2. The topological polar surface area (TPSA) is 30.0 Å². The largest absolute Gasteiger partial charge is 0.287 e. The quantitative estimate of drug-likeness (QED) is 0.654. The van der Waals surface area contributed by atoms with Gasteiger partial charge in [-0.2, -0.15) is 0 Å². The molecular weight excluding hydrogens is 258 g/mol. The zero-order valence-corrected chi connectivity index (χ0v) is 10.8. The van der Waals surface area contributed by atoms with Crippen molar-refractivity contribution in [1.29, 1.82) is 0 Å². The van der Waals surface area contributed by atoms with Gasteiger partial charge in [0.2, 0.25) is 5.78 Å². The lowest BCUT2D eigenvalue weighted by Gasteiger charge is -2.05. The maximum Gasteiger partial charge on any atom is 0.212 e. The number of nitrogens with zero attached hydrogens (tertiary/aromatic N) is 1. The monoisotopic (exact) mass is 267 g/mol. The molecule has 3 rings (SSSR count). The van der Waals surface area contributed by atoms with Gasteiger partial charge in [0.1, 0.15) is 5.69 Å². The van der Waals surface area contributed by atoms with Gasteiger partial charge >= 0.3 is 0 Å². The average Bonchev–Trinajstić information content (AvgIpc) is 2.47. The molecule has 0 spiro atoms. The van der Waals surface area contributed by atoms with Crippen LogP contribution in [0.25, 0.3) is 10.9 Å². The number of ketones is 1. The van der Waals surface area contributed by atoms with Gasteiger partial charge in [0, 0.05) is 10.9 Å². The van der Waals surface area contributed by atoms with Gasteiger partial charge in [-0.25, -0.2) is 4.98 Å². The van der Waals surface area contributed by atoms with Crippen molar-refractivity contribution in [3.05, 3.63) is 76.9 Å². The molecular formula is C16H10ClNO. The standard InChI is InChI=1S/C16H10ClNO/c17-13-10-12-8-4-5-9-14(12)18-15(13)16(19)11-6-2-1-3-7-11/h1-10H. The van der Waals surface area contributed by atoms with Gasteiger partial charge in [0.15, 0.2) is 0 Å². The lowest BCUT2D eigenvalue weighted by molar-refractivity contribution is 0.103. The number of halogens is 1. The van der Waals surface area contributed by atoms with Crippen LogP contribution in [0.4, 0.5) is 0 Å². The first-order chi connectivity index (χ1) is 9.25. The number of para-hydroxylation sites is 1. The van der Waals surface area contributed by atoms with Crippen molar-refractivity contribution in [2.45, 2.75) is 0 Å². The summed E-state index contributed by atoms with van der Waals surface area (Å²) >= 11 is 6.16. The van der Waals surface area contributed by atoms with Gasteiger partial charge < -0.3 is 0 Å². The van der Waals surface area contributed by atoms with Crippen molar-refractivity contribution in [2.75, 3.05) is 0 Å². The van der Waals surface area contributed by atoms with Crippen LogP contribution in [0.15, 0.2) is 60.7 Å². The third-order valence-corrected chi connectivity index (χ3v) is 3.22. The Labute approximate surface area is 115 Å². The summed E-state index contributed by atoms with van der Waals surface area (Å²) in [6.07, 6.45) is 0. The molecule has 0 radical (unpaired) electrons. The number of rotatable bonds is 2. The molecule has 0 saturated heterocycles. The minimum Gasteiger partial charge on any atom is -0.287 e. The van der Waals surface area contributed by atoms with Crippen LogP contribution in [0.1, 0.15) is 16.1 Å². The van der Waals surface area contributed by atoms with E-state index in [4.69, 9.17) is 11.6 Å². The van der Waals surface area contributed by atoms with Crippen molar-refractivity contribution in [2.24, 2.45) is 0 Å². The lowest BCUT2D eigenvalue weighted by atomic mass is 10.1. The van der Waals surface area contributed by atoms with E-state index in [1.807, 2.05) is 42.5 Å². The van der Waals surface area contributed by atoms with Crippen LogP contribution >= 0.6 is 11.6 Å². The summed E-state index contributed by atoms with van der Waals surface area (Å²) in [7, 11) is 0. The number of carbonyl (C=O) groups excluding carboxylic acids is 1. The Morgan fingerprint density at radius 1 is 0.947 bits per heavy atom. The molecule has 0 atom stereocenters. The van der Waals surface area contributed by atoms with Gasteiger partial charge in [-0.3, -0.25) is 4.79 Å². The molecule has 2 nitrogen and oxygen atoms in total. The van der Waals surface area contributed by atoms with Gasteiger partial charge in [-0.1, -0.05) is 60.1 Å². The van der Waals surface area contributed by atoms with Crippen LogP contribution in [0, 0.1) is 0 Å². The van der Waals surface area contributed by atoms with Gasteiger partial charge in [-0.15, -0.1) is 0 Å². The fraction of sp³-hybridized carbons (Fsp3) is 0. The van der Waals surface area contributed by atoms with Crippen molar-refractivity contribution < 1.29 is 4.79 Å². The summed E-state index contributed by atoms with van der Waals surface area (Å²) in [4.78, 5) is 16.7. The highest BCUT2D eigenvalue weighted by molar-refractivity contribution is 6.35. The maximum atomic E-state index is 12.4. The van der Waals surface area contributed by atoms with Gasteiger partial charge in [-0.05, 0) is 12.1 Å². The molecule has 0 aliphatic carbocycles. The second-order valence-electron chi connectivity index (χ2n) is 4.21. The Balaban J connectivity index is 2.15. The van der Waals surface area contributed by atoms with Crippen molar-refractivity contribution in [3.8, 4) is 0 Å². The predicted molar refractivity (Wildman–Crippen MR) is 76.6 cm³/mol. The molecule has 0 amide bonds. The van der Waals surface area contributed by atoms with E-state index in [0.717, 1.165) is 10.9 Å². The maximum absolute atomic E-state index is 12.4. The first-order valence-corrected chi connectivity index (χ1v) is 6.28. The highest BCUT2D eigenvalue weighted by Gasteiger charge is 2.15. The van der Waals surface area contributed by atoms with Gasteiger partial charge in [0.25, 0.3) is 0 Å². The second kappa shape index (κ2) is 4.82. The number of aromatic nitrogens is 1. The zero-order chi connectivity index (χ0) is 13.2. The van der Waals surface area contributed by atoms with E-state index in [1.165, 1.54) is 0 Å². The predicted octanol–water partition coefficient (Wildman–Crippen LogP) is 4.12. The summed E-state index contributed by atoms with van der Waals surface area (Å²) < 4.78 is 0. The van der Waals surface area contributed by atoms with Crippen LogP contribution in [0.5, 0.6) is 0 Å². The van der Waals surface area contributed by atoms with Crippen molar-refractivity contribution in [1.82, 2.24) is 4.98 Å². The molecule has 1 aromatic heterocycles. The normalized spacial score (nSPS) is 10.6. The molecule has 92 valence electrons. The molecule has 0 bridgehead atoms. The molecule has 0 unspecified atom stereocenters. The Morgan fingerprint density at radius 3 is 2.42 bits per heavy atom. The Bertz CT molecular complexity index is 753. The minimum atomic E-state index is -0.156. The molecule has 3 heteroatoms. The zero-order valence-electron chi connectivity index (χ0n) is 10.0. The third-order valence-electron chi connectivity index (χ3n) is 2.93. The molecule has 0 aliphatic heterocycles. The number of benzene rings is 2. The molecule has 0 N–H and O–H groups in total. The smallest absolute Gasteiger partial charge is 0.212 e. The van der Waals surface area contributed by atoms with E-state index in [0.29, 0.717) is 16.3 Å². The summed E-state index contributed by atoms with van der Waals surface area (Å²) in [6.45, 7) is 0. The highest BCUT2D eigenvalue weighted by Crippen LogP contribution is 2.23. The highest BCUT2D eigenvalue weighted by atomic mass is 35.5. The minimum absolute atomic E-state index is 0.156. The van der Waals surface area contributed by atoms with Crippen LogP contribution < -0.4 is 0 Å². The number of hydrogen-bond donors (Lipinski definition) is 0. The van der Waals surface area contributed by atoms with E-state index >= 15 is 0 Å². The van der Waals surface area contributed by atoms with Crippen LogP contribution in [0.3, 0.4) is 0 Å². The first-order valence-electron chi connectivity index (χ1n) is 5.91. The molecule has 1 heterocycles. The molecule has 2 aromatic carbocycles. The number of carbonyl (C=O) groups is 1. The molecule has 0 fully saturated rings. The van der Waals surface area contributed by atoms with E-state index in [9.17, 15) is 4.79 Å². The number of fused-ring (bicyclic) bond motifs is 1. The van der Waals surface area contributed by atoms with Gasteiger partial charge in [0.05, 0.1) is 10.5 Å². The van der Waals surface area contributed by atoms with E-state index in [2.05, 4.69) is 4.98 Å².